The molecule has 0 unspecified atom stereocenters. The van der Waals surface area contributed by atoms with Gasteiger partial charge in [-0.3, -0.25) is 0 Å². The van der Waals surface area contributed by atoms with E-state index in [1.165, 1.54) is 0 Å². The van der Waals surface area contributed by atoms with E-state index in [1.807, 2.05) is 17.5 Å². The Morgan fingerprint density at radius 1 is 1.50 bits per heavy atom. The van der Waals surface area contributed by atoms with Crippen molar-refractivity contribution in [3.8, 4) is 0 Å². The lowest BCUT2D eigenvalue weighted by molar-refractivity contribution is 1.54. The van der Waals surface area contributed by atoms with Gasteiger partial charge in [0.1, 0.15) is 0 Å². The number of hydrogen-bond donors (Lipinski definition) is 2. The summed E-state index contributed by atoms with van der Waals surface area (Å²) in [6.45, 7) is 0. The van der Waals surface area contributed by atoms with E-state index in [2.05, 4.69) is 12.6 Å². The minimum Gasteiger partial charge on any atom is -0.397 e. The van der Waals surface area contributed by atoms with Crippen molar-refractivity contribution in [2.75, 3.05) is 5.73 Å². The molecule has 0 aliphatic rings. The average Bonchev–Trinajstić information content (AvgIpc) is 2.48. The molecule has 0 spiro atoms. The van der Waals surface area contributed by atoms with Gasteiger partial charge in [-0.1, -0.05) is 11.6 Å². The third-order valence-electron chi connectivity index (χ3n) is 1.71. The normalized spacial score (nSPS) is 10.8. The Kier molecular flexibility index (Phi) is 1.94. The van der Waals surface area contributed by atoms with Gasteiger partial charge in [0.2, 0.25) is 0 Å². The highest BCUT2D eigenvalue weighted by atomic mass is 35.5. The first-order chi connectivity index (χ1) is 5.70. The number of halogens is 1. The van der Waals surface area contributed by atoms with Crippen LogP contribution in [0.3, 0.4) is 0 Å². The average molecular weight is 216 g/mol. The molecule has 1 aromatic heterocycles. The molecular weight excluding hydrogens is 210 g/mol. The Morgan fingerprint density at radius 3 is 3.00 bits per heavy atom. The van der Waals surface area contributed by atoms with Gasteiger partial charge in [-0.25, -0.2) is 0 Å². The summed E-state index contributed by atoms with van der Waals surface area (Å²) < 4.78 is 1.13. The maximum Gasteiger partial charge on any atom is 0.0775 e. The van der Waals surface area contributed by atoms with Crippen LogP contribution in [0, 0.1) is 0 Å². The maximum absolute atomic E-state index is 5.92. The maximum atomic E-state index is 5.92. The van der Waals surface area contributed by atoms with Gasteiger partial charge in [-0.2, -0.15) is 0 Å². The van der Waals surface area contributed by atoms with Gasteiger partial charge in [-0.15, -0.1) is 24.0 Å². The molecule has 2 rings (SSSR count). The molecule has 2 N–H and O–H groups in total. The number of rotatable bonds is 0. The second-order valence-electron chi connectivity index (χ2n) is 2.46. The summed E-state index contributed by atoms with van der Waals surface area (Å²) in [5.41, 5.74) is 6.41. The van der Waals surface area contributed by atoms with Gasteiger partial charge in [-0.05, 0) is 17.5 Å². The topological polar surface area (TPSA) is 26.0 Å². The fourth-order valence-electron chi connectivity index (χ4n) is 1.10. The summed E-state index contributed by atoms with van der Waals surface area (Å²) in [5.74, 6) is 0. The lowest BCUT2D eigenvalue weighted by Gasteiger charge is -2.02. The molecule has 0 atom stereocenters. The smallest absolute Gasteiger partial charge is 0.0775 e. The van der Waals surface area contributed by atoms with Crippen molar-refractivity contribution < 1.29 is 0 Å². The Hall–Kier alpha value is -0.380. The third-order valence-corrected chi connectivity index (χ3v) is 3.47. The Balaban J connectivity index is 2.94. The van der Waals surface area contributed by atoms with Crippen LogP contribution in [0.2, 0.25) is 5.02 Å². The van der Waals surface area contributed by atoms with Crippen LogP contribution < -0.4 is 5.73 Å². The molecule has 4 heteroatoms. The molecule has 1 heterocycles. The zero-order valence-electron chi connectivity index (χ0n) is 6.04. The standard InChI is InChI=1S/C8H6ClNS2/c9-7-5(11)3-6-4(8(7)10)1-2-12-6/h1-3,11H,10H2. The minimum atomic E-state index is 0.546. The lowest BCUT2D eigenvalue weighted by atomic mass is 10.2. The molecule has 12 heavy (non-hydrogen) atoms. The second kappa shape index (κ2) is 2.83. The van der Waals surface area contributed by atoms with Gasteiger partial charge < -0.3 is 5.73 Å². The summed E-state index contributed by atoms with van der Waals surface area (Å²) in [6.07, 6.45) is 0. The van der Waals surface area contributed by atoms with E-state index in [1.54, 1.807) is 11.3 Å². The van der Waals surface area contributed by atoms with Crippen LogP contribution in [0.15, 0.2) is 22.4 Å². The summed E-state index contributed by atoms with van der Waals surface area (Å²) in [7, 11) is 0. The van der Waals surface area contributed by atoms with E-state index >= 15 is 0 Å². The first kappa shape index (κ1) is 8.23. The third kappa shape index (κ3) is 1.09. The number of fused-ring (bicyclic) bond motifs is 1. The molecule has 0 aliphatic carbocycles. The molecule has 0 saturated heterocycles. The molecule has 2 aromatic rings. The largest absolute Gasteiger partial charge is 0.397 e. The summed E-state index contributed by atoms with van der Waals surface area (Å²) in [6, 6.07) is 3.90. The first-order valence-corrected chi connectivity index (χ1v) is 5.05. The van der Waals surface area contributed by atoms with E-state index in [0.717, 1.165) is 15.0 Å². The van der Waals surface area contributed by atoms with Gasteiger partial charge in [0.25, 0.3) is 0 Å². The Labute approximate surface area is 84.6 Å². The molecule has 0 saturated carbocycles. The van der Waals surface area contributed by atoms with Crippen LogP contribution in [0.25, 0.3) is 10.1 Å². The Bertz CT molecular complexity index is 436. The molecule has 1 nitrogen and oxygen atoms in total. The van der Waals surface area contributed by atoms with Crippen molar-refractivity contribution >= 4 is 51.3 Å². The minimum absolute atomic E-state index is 0.546. The van der Waals surface area contributed by atoms with E-state index in [4.69, 9.17) is 17.3 Å². The molecule has 0 aliphatic heterocycles. The van der Waals surface area contributed by atoms with Crippen molar-refractivity contribution in [2.45, 2.75) is 4.90 Å². The van der Waals surface area contributed by atoms with Gasteiger partial charge in [0, 0.05) is 15.0 Å². The van der Waals surface area contributed by atoms with E-state index in [0.29, 0.717) is 10.7 Å². The summed E-state index contributed by atoms with van der Waals surface area (Å²) in [4.78, 5) is 0.740. The molecule has 0 amide bonds. The lowest BCUT2D eigenvalue weighted by Crippen LogP contribution is -1.87. The second-order valence-corrected chi connectivity index (χ2v) is 4.26. The number of thiol groups is 1. The summed E-state index contributed by atoms with van der Waals surface area (Å²) >= 11 is 11.8. The number of nitrogens with two attached hydrogens (primary N) is 1. The van der Waals surface area contributed by atoms with E-state index < -0.39 is 0 Å². The van der Waals surface area contributed by atoms with Crippen molar-refractivity contribution in [3.63, 3.8) is 0 Å². The molecular formula is C8H6ClNS2. The number of hydrogen-bond acceptors (Lipinski definition) is 3. The van der Waals surface area contributed by atoms with Crippen molar-refractivity contribution in [1.29, 1.82) is 0 Å². The van der Waals surface area contributed by atoms with Crippen molar-refractivity contribution in [2.24, 2.45) is 0 Å². The molecule has 0 bridgehead atoms. The van der Waals surface area contributed by atoms with Crippen LogP contribution >= 0.6 is 35.6 Å². The van der Waals surface area contributed by atoms with E-state index in [9.17, 15) is 0 Å². The van der Waals surface area contributed by atoms with E-state index in [-0.39, 0.29) is 0 Å². The molecule has 0 fully saturated rings. The van der Waals surface area contributed by atoms with Crippen LogP contribution in [0.5, 0.6) is 0 Å². The fraction of sp³-hybridized carbons (Fsp3) is 0. The Morgan fingerprint density at radius 2 is 2.25 bits per heavy atom. The monoisotopic (exact) mass is 215 g/mol. The quantitative estimate of drug-likeness (QED) is 0.511. The molecule has 62 valence electrons. The number of nitrogen functional groups attached to an aromatic ring is 1. The zero-order valence-corrected chi connectivity index (χ0v) is 8.51. The highest BCUT2D eigenvalue weighted by Gasteiger charge is 2.06. The zero-order chi connectivity index (χ0) is 8.72. The highest BCUT2D eigenvalue weighted by molar-refractivity contribution is 7.80. The predicted octanol–water partition coefficient (Wildman–Crippen LogP) is 3.43. The predicted molar refractivity (Wildman–Crippen MR) is 58.5 cm³/mol. The first-order valence-electron chi connectivity index (χ1n) is 3.34. The van der Waals surface area contributed by atoms with Crippen molar-refractivity contribution in [3.05, 3.63) is 22.5 Å². The van der Waals surface area contributed by atoms with Gasteiger partial charge in [0.15, 0.2) is 0 Å². The SMILES string of the molecule is Nc1c(Cl)c(S)cc2sccc12. The van der Waals surface area contributed by atoms with Gasteiger partial charge in [0.05, 0.1) is 10.7 Å². The highest BCUT2D eigenvalue weighted by Crippen LogP contribution is 2.36. The van der Waals surface area contributed by atoms with Crippen LogP contribution in [-0.2, 0) is 0 Å². The number of anilines is 1. The van der Waals surface area contributed by atoms with Gasteiger partial charge >= 0.3 is 0 Å². The number of benzene rings is 1. The molecule has 0 radical (unpaired) electrons. The fourth-order valence-corrected chi connectivity index (χ4v) is 2.43. The van der Waals surface area contributed by atoms with Crippen molar-refractivity contribution in [1.82, 2.24) is 0 Å². The van der Waals surface area contributed by atoms with Crippen LogP contribution in [-0.4, -0.2) is 0 Å². The van der Waals surface area contributed by atoms with Crippen LogP contribution in [0.4, 0.5) is 5.69 Å². The summed E-state index contributed by atoms with van der Waals surface area (Å²) in [5, 5.41) is 3.55. The molecule has 1 aromatic carbocycles. The number of thiophene rings is 1. The van der Waals surface area contributed by atoms with Crippen LogP contribution in [0.1, 0.15) is 0 Å².